The van der Waals surface area contributed by atoms with Crippen molar-refractivity contribution in [3.63, 3.8) is 0 Å². The molecule has 1 heterocycles. The predicted octanol–water partition coefficient (Wildman–Crippen LogP) is 4.85. The molecule has 0 spiro atoms. The van der Waals surface area contributed by atoms with E-state index in [1.807, 2.05) is 37.7 Å². The number of carboxylic acids is 1. The molecule has 1 unspecified atom stereocenters. The van der Waals surface area contributed by atoms with Gasteiger partial charge in [-0.3, -0.25) is 4.79 Å². The third kappa shape index (κ3) is 7.11. The summed E-state index contributed by atoms with van der Waals surface area (Å²) in [6.45, 7) is 6.53. The molecule has 9 heteroatoms. The van der Waals surface area contributed by atoms with Crippen molar-refractivity contribution >= 4 is 23.0 Å². The lowest BCUT2D eigenvalue weighted by molar-refractivity contribution is -0.143. The molecule has 210 valence electrons. The van der Waals surface area contributed by atoms with Gasteiger partial charge in [0.15, 0.2) is 0 Å². The number of carboxylic acid groups (broad SMARTS) is 1. The molecule has 2 N–H and O–H groups in total. The summed E-state index contributed by atoms with van der Waals surface area (Å²) in [6, 6.07) is 19.1. The number of benzene rings is 3. The average molecular weight is 545 g/mol. The van der Waals surface area contributed by atoms with Crippen LogP contribution in [0.1, 0.15) is 63.9 Å². The first-order chi connectivity index (χ1) is 19.4. The van der Waals surface area contributed by atoms with Crippen LogP contribution in [0, 0.1) is 6.92 Å². The normalized spacial score (nSPS) is 12.0. The fraction of sp³-hybridized carbons (Fsp3) is 0.355. The van der Waals surface area contributed by atoms with Crippen molar-refractivity contribution in [2.24, 2.45) is 0 Å². The summed E-state index contributed by atoms with van der Waals surface area (Å²) in [7, 11) is 1.91. The second-order valence-electron chi connectivity index (χ2n) is 9.71. The summed E-state index contributed by atoms with van der Waals surface area (Å²) in [5.41, 5.74) is 7.18. The molecule has 0 aliphatic rings. The molecule has 0 aliphatic carbocycles. The Morgan fingerprint density at radius 3 is 2.60 bits per heavy atom. The van der Waals surface area contributed by atoms with Gasteiger partial charge in [-0.2, -0.15) is 0 Å². The fourth-order valence-corrected chi connectivity index (χ4v) is 4.89. The van der Waals surface area contributed by atoms with Crippen molar-refractivity contribution in [3.8, 4) is 0 Å². The zero-order valence-electron chi connectivity index (χ0n) is 23.2. The number of hydrogen-bond acceptors (Lipinski definition) is 7. The van der Waals surface area contributed by atoms with E-state index in [0.717, 1.165) is 51.8 Å². The van der Waals surface area contributed by atoms with Crippen molar-refractivity contribution in [2.45, 2.75) is 52.3 Å². The van der Waals surface area contributed by atoms with Crippen molar-refractivity contribution in [1.82, 2.24) is 20.3 Å². The fourth-order valence-electron chi connectivity index (χ4n) is 4.89. The Bertz CT molecular complexity index is 1450. The smallest absolute Gasteiger partial charge is 0.335 e. The van der Waals surface area contributed by atoms with Crippen LogP contribution in [-0.4, -0.2) is 52.3 Å². The van der Waals surface area contributed by atoms with Crippen molar-refractivity contribution in [3.05, 3.63) is 94.0 Å². The van der Waals surface area contributed by atoms with Crippen LogP contribution in [0.4, 0.5) is 0 Å². The highest BCUT2D eigenvalue weighted by atomic mass is 16.5. The molecule has 0 aliphatic heterocycles. The monoisotopic (exact) mass is 544 g/mol. The van der Waals surface area contributed by atoms with E-state index in [1.165, 1.54) is 0 Å². The zero-order chi connectivity index (χ0) is 28.5. The van der Waals surface area contributed by atoms with E-state index in [0.29, 0.717) is 26.4 Å². The Hall–Kier alpha value is -4.08. The van der Waals surface area contributed by atoms with Gasteiger partial charge in [-0.15, -0.1) is 5.10 Å². The molecule has 4 aromatic rings. The Morgan fingerprint density at radius 1 is 1.07 bits per heavy atom. The minimum absolute atomic E-state index is 0.164. The number of carbonyl (C=O) groups is 2. The number of esters is 1. The van der Waals surface area contributed by atoms with E-state index >= 15 is 0 Å². The number of aromatic carboxylic acids is 1. The van der Waals surface area contributed by atoms with Gasteiger partial charge < -0.3 is 19.9 Å². The molecular weight excluding hydrogens is 508 g/mol. The van der Waals surface area contributed by atoms with Gasteiger partial charge in [0.05, 0.1) is 30.7 Å². The van der Waals surface area contributed by atoms with Crippen LogP contribution in [0.15, 0.2) is 60.7 Å². The quantitative estimate of drug-likeness (QED) is 0.171. The standard InChI is InChI=1S/C31H36N4O5/c1-4-40-29(36)18-27(25-8-5-7-23(17-25)19-32-3)26-13-14-28-30(21(26)2)33-34-35(28)15-6-16-39-20-22-9-11-24(12-10-22)31(37)38/h5,7-14,17,27,32H,4,6,15-16,18-20H2,1-3H3,(H,37,38). The van der Waals surface area contributed by atoms with Gasteiger partial charge >= 0.3 is 11.9 Å². The summed E-state index contributed by atoms with van der Waals surface area (Å²) >= 11 is 0. The number of aromatic nitrogens is 3. The minimum atomic E-state index is -0.942. The average Bonchev–Trinajstić information content (AvgIpc) is 3.36. The van der Waals surface area contributed by atoms with Crippen molar-refractivity contribution < 1.29 is 24.2 Å². The molecule has 0 saturated carbocycles. The highest BCUT2D eigenvalue weighted by Gasteiger charge is 2.23. The lowest BCUT2D eigenvalue weighted by Crippen LogP contribution is -2.14. The summed E-state index contributed by atoms with van der Waals surface area (Å²) in [6.07, 6.45) is 0.990. The van der Waals surface area contributed by atoms with Crippen molar-refractivity contribution in [2.75, 3.05) is 20.3 Å². The van der Waals surface area contributed by atoms with Crippen LogP contribution in [0.2, 0.25) is 0 Å². The van der Waals surface area contributed by atoms with E-state index in [4.69, 9.17) is 14.6 Å². The second-order valence-corrected chi connectivity index (χ2v) is 9.71. The number of aryl methyl sites for hydroxylation is 2. The largest absolute Gasteiger partial charge is 0.478 e. The first-order valence-electron chi connectivity index (χ1n) is 13.5. The molecule has 3 aromatic carbocycles. The lowest BCUT2D eigenvalue weighted by Gasteiger charge is -2.20. The molecule has 1 atom stereocenters. The molecule has 40 heavy (non-hydrogen) atoms. The maximum atomic E-state index is 12.6. The first kappa shape index (κ1) is 28.9. The highest BCUT2D eigenvalue weighted by molar-refractivity contribution is 5.87. The summed E-state index contributed by atoms with van der Waals surface area (Å²) < 4.78 is 13.0. The molecule has 0 bridgehead atoms. The second kappa shape index (κ2) is 13.8. The topological polar surface area (TPSA) is 116 Å². The number of fused-ring (bicyclic) bond motifs is 1. The SMILES string of the molecule is CCOC(=O)CC(c1cccc(CNC)c1)c1ccc2c(nnn2CCCOCc2ccc(C(=O)O)cc2)c1C. The van der Waals surface area contributed by atoms with E-state index in [1.54, 1.807) is 24.3 Å². The van der Waals surface area contributed by atoms with Crippen LogP contribution in [0.5, 0.6) is 0 Å². The van der Waals surface area contributed by atoms with Crippen LogP contribution in [0.3, 0.4) is 0 Å². The zero-order valence-corrected chi connectivity index (χ0v) is 23.2. The Balaban J connectivity index is 1.46. The van der Waals surface area contributed by atoms with E-state index < -0.39 is 5.97 Å². The molecule has 0 radical (unpaired) electrons. The van der Waals surface area contributed by atoms with E-state index in [-0.39, 0.29) is 23.9 Å². The third-order valence-corrected chi connectivity index (χ3v) is 6.90. The number of nitrogens with one attached hydrogen (secondary N) is 1. The molecule has 0 amide bonds. The number of nitrogens with zero attached hydrogens (tertiary/aromatic N) is 3. The van der Waals surface area contributed by atoms with Gasteiger partial charge in [-0.25, -0.2) is 9.48 Å². The van der Waals surface area contributed by atoms with Gasteiger partial charge in [0, 0.05) is 25.6 Å². The molecule has 4 rings (SSSR count). The summed E-state index contributed by atoms with van der Waals surface area (Å²) in [4.78, 5) is 23.6. The van der Waals surface area contributed by atoms with Crippen LogP contribution < -0.4 is 5.32 Å². The van der Waals surface area contributed by atoms with Gasteiger partial charge in [0.1, 0.15) is 5.52 Å². The minimum Gasteiger partial charge on any atom is -0.478 e. The van der Waals surface area contributed by atoms with Gasteiger partial charge in [-0.05, 0) is 73.3 Å². The van der Waals surface area contributed by atoms with Crippen LogP contribution in [-0.2, 0) is 34.0 Å². The Morgan fingerprint density at radius 2 is 1.88 bits per heavy atom. The third-order valence-electron chi connectivity index (χ3n) is 6.90. The molecular formula is C31H36N4O5. The molecule has 1 aromatic heterocycles. The Kier molecular flexibility index (Phi) is 9.99. The first-order valence-corrected chi connectivity index (χ1v) is 13.5. The maximum absolute atomic E-state index is 12.6. The summed E-state index contributed by atoms with van der Waals surface area (Å²) in [5.74, 6) is -1.33. The van der Waals surface area contributed by atoms with Gasteiger partial charge in [0.2, 0.25) is 0 Å². The molecule has 0 saturated heterocycles. The highest BCUT2D eigenvalue weighted by Crippen LogP contribution is 2.34. The molecule has 0 fully saturated rings. The van der Waals surface area contributed by atoms with Crippen LogP contribution >= 0.6 is 0 Å². The number of rotatable bonds is 14. The van der Waals surface area contributed by atoms with E-state index in [2.05, 4.69) is 39.9 Å². The molecule has 9 nitrogen and oxygen atoms in total. The number of hydrogen-bond donors (Lipinski definition) is 2. The van der Waals surface area contributed by atoms with E-state index in [9.17, 15) is 9.59 Å². The Labute approximate surface area is 234 Å². The van der Waals surface area contributed by atoms with Crippen LogP contribution in [0.25, 0.3) is 11.0 Å². The van der Waals surface area contributed by atoms with Gasteiger partial charge in [-0.1, -0.05) is 47.7 Å². The summed E-state index contributed by atoms with van der Waals surface area (Å²) in [5, 5.41) is 21.1. The maximum Gasteiger partial charge on any atom is 0.335 e. The number of ether oxygens (including phenoxy) is 2. The van der Waals surface area contributed by atoms with Crippen molar-refractivity contribution in [1.29, 1.82) is 0 Å². The lowest BCUT2D eigenvalue weighted by atomic mass is 9.85. The van der Waals surface area contributed by atoms with Gasteiger partial charge in [0.25, 0.3) is 0 Å². The predicted molar refractivity (Wildman–Crippen MR) is 152 cm³/mol. The number of carbonyl (C=O) groups excluding carboxylic acids is 1.